The van der Waals surface area contributed by atoms with Gasteiger partial charge in [0.05, 0.1) is 0 Å². The summed E-state index contributed by atoms with van der Waals surface area (Å²) < 4.78 is 0. The molecule has 1 aliphatic heterocycles. The number of hydrogen-bond donors (Lipinski definition) is 1. The van der Waals surface area contributed by atoms with Crippen LogP contribution in [-0.4, -0.2) is 37.6 Å². The van der Waals surface area contributed by atoms with Gasteiger partial charge in [-0.15, -0.1) is 0 Å². The fourth-order valence-electron chi connectivity index (χ4n) is 2.80. The van der Waals surface area contributed by atoms with Gasteiger partial charge < -0.3 is 10.2 Å². The van der Waals surface area contributed by atoms with Gasteiger partial charge in [0.15, 0.2) is 0 Å². The standard InChI is InChI=1S/C15H32N2/c1-3-15-10-9-13-17(14-15)12-8-6-5-7-11-16-4-2/h15-16H,3-14H2,1-2H3. The van der Waals surface area contributed by atoms with Crippen LogP contribution in [0.2, 0.25) is 0 Å². The summed E-state index contributed by atoms with van der Waals surface area (Å²) in [6.07, 6.45) is 9.85. The van der Waals surface area contributed by atoms with Crippen LogP contribution in [0.4, 0.5) is 0 Å². The van der Waals surface area contributed by atoms with Crippen molar-refractivity contribution < 1.29 is 0 Å². The number of unbranched alkanes of at least 4 members (excludes halogenated alkanes) is 3. The molecule has 102 valence electrons. The lowest BCUT2D eigenvalue weighted by Gasteiger charge is -2.32. The van der Waals surface area contributed by atoms with Gasteiger partial charge in [-0.3, -0.25) is 0 Å². The molecule has 2 nitrogen and oxygen atoms in total. The second-order valence-corrected chi connectivity index (χ2v) is 5.48. The minimum Gasteiger partial charge on any atom is -0.317 e. The molecule has 0 bridgehead atoms. The minimum atomic E-state index is 0.984. The predicted octanol–water partition coefficient (Wildman–Crippen LogP) is 3.28. The van der Waals surface area contributed by atoms with E-state index in [-0.39, 0.29) is 0 Å². The molecule has 1 fully saturated rings. The van der Waals surface area contributed by atoms with Crippen molar-refractivity contribution in [2.45, 2.75) is 58.8 Å². The van der Waals surface area contributed by atoms with E-state index in [2.05, 4.69) is 24.1 Å². The summed E-state index contributed by atoms with van der Waals surface area (Å²) in [6.45, 7) is 10.9. The van der Waals surface area contributed by atoms with Crippen LogP contribution in [0.5, 0.6) is 0 Å². The average Bonchev–Trinajstić information content (AvgIpc) is 2.38. The first-order valence-electron chi connectivity index (χ1n) is 7.79. The Morgan fingerprint density at radius 1 is 1.12 bits per heavy atom. The van der Waals surface area contributed by atoms with Crippen molar-refractivity contribution in [3.63, 3.8) is 0 Å². The SMILES string of the molecule is CCNCCCCCCN1CCCC(CC)C1. The predicted molar refractivity (Wildman–Crippen MR) is 76.5 cm³/mol. The molecule has 1 unspecified atom stereocenters. The quantitative estimate of drug-likeness (QED) is 0.622. The number of likely N-dealkylation sites (tertiary alicyclic amines) is 1. The molecule has 1 saturated heterocycles. The third kappa shape index (κ3) is 7.05. The van der Waals surface area contributed by atoms with Gasteiger partial charge in [0.25, 0.3) is 0 Å². The molecule has 0 amide bonds. The van der Waals surface area contributed by atoms with Crippen molar-refractivity contribution in [2.24, 2.45) is 5.92 Å². The van der Waals surface area contributed by atoms with Gasteiger partial charge in [0.2, 0.25) is 0 Å². The van der Waals surface area contributed by atoms with Gasteiger partial charge >= 0.3 is 0 Å². The van der Waals surface area contributed by atoms with Crippen molar-refractivity contribution >= 4 is 0 Å². The van der Waals surface area contributed by atoms with E-state index in [1.165, 1.54) is 71.1 Å². The second-order valence-electron chi connectivity index (χ2n) is 5.48. The number of rotatable bonds is 9. The van der Waals surface area contributed by atoms with Crippen molar-refractivity contribution in [1.82, 2.24) is 10.2 Å². The van der Waals surface area contributed by atoms with E-state index in [4.69, 9.17) is 0 Å². The molecular formula is C15H32N2. The van der Waals surface area contributed by atoms with Crippen molar-refractivity contribution in [1.29, 1.82) is 0 Å². The summed E-state index contributed by atoms with van der Waals surface area (Å²) in [6, 6.07) is 0. The topological polar surface area (TPSA) is 15.3 Å². The van der Waals surface area contributed by atoms with Crippen LogP contribution in [0, 0.1) is 5.92 Å². The van der Waals surface area contributed by atoms with Crippen LogP contribution in [0.15, 0.2) is 0 Å². The van der Waals surface area contributed by atoms with Crippen LogP contribution in [0.25, 0.3) is 0 Å². The normalized spacial score (nSPS) is 21.9. The Labute approximate surface area is 108 Å². The van der Waals surface area contributed by atoms with Gasteiger partial charge in [-0.05, 0) is 57.8 Å². The molecule has 0 aromatic carbocycles. The highest BCUT2D eigenvalue weighted by Crippen LogP contribution is 2.19. The molecule has 1 atom stereocenters. The summed E-state index contributed by atoms with van der Waals surface area (Å²) in [5.41, 5.74) is 0. The molecular weight excluding hydrogens is 208 g/mol. The van der Waals surface area contributed by atoms with Crippen LogP contribution >= 0.6 is 0 Å². The lowest BCUT2D eigenvalue weighted by atomic mass is 9.95. The molecule has 2 heteroatoms. The Hall–Kier alpha value is -0.0800. The monoisotopic (exact) mass is 240 g/mol. The summed E-state index contributed by atoms with van der Waals surface area (Å²) in [7, 11) is 0. The van der Waals surface area contributed by atoms with Gasteiger partial charge in [-0.1, -0.05) is 33.1 Å². The fraction of sp³-hybridized carbons (Fsp3) is 1.00. The Balaban J connectivity index is 1.91. The van der Waals surface area contributed by atoms with Gasteiger partial charge in [0.1, 0.15) is 0 Å². The summed E-state index contributed by atoms with van der Waals surface area (Å²) >= 11 is 0. The molecule has 0 radical (unpaired) electrons. The maximum Gasteiger partial charge on any atom is 0.000956 e. The number of piperidine rings is 1. The van der Waals surface area contributed by atoms with Gasteiger partial charge in [-0.2, -0.15) is 0 Å². The Bertz CT molecular complexity index is 170. The molecule has 1 N–H and O–H groups in total. The first kappa shape index (κ1) is 15.0. The Morgan fingerprint density at radius 2 is 1.94 bits per heavy atom. The minimum absolute atomic E-state index is 0.984. The lowest BCUT2D eigenvalue weighted by molar-refractivity contribution is 0.169. The van der Waals surface area contributed by atoms with Crippen LogP contribution in [0.1, 0.15) is 58.8 Å². The van der Waals surface area contributed by atoms with E-state index in [0.717, 1.165) is 12.5 Å². The number of nitrogens with zero attached hydrogens (tertiary/aromatic N) is 1. The molecule has 1 rings (SSSR count). The molecule has 0 aliphatic carbocycles. The molecule has 0 aromatic heterocycles. The van der Waals surface area contributed by atoms with Crippen molar-refractivity contribution in [3.05, 3.63) is 0 Å². The van der Waals surface area contributed by atoms with Gasteiger partial charge in [-0.25, -0.2) is 0 Å². The lowest BCUT2D eigenvalue weighted by Crippen LogP contribution is -2.35. The van der Waals surface area contributed by atoms with E-state index < -0.39 is 0 Å². The highest BCUT2D eigenvalue weighted by atomic mass is 15.1. The van der Waals surface area contributed by atoms with Crippen LogP contribution in [0.3, 0.4) is 0 Å². The molecule has 1 heterocycles. The maximum atomic E-state index is 3.39. The molecule has 0 aromatic rings. The Kier molecular flexibility index (Phi) is 8.72. The molecule has 0 spiro atoms. The summed E-state index contributed by atoms with van der Waals surface area (Å²) in [5.74, 6) is 0.984. The average molecular weight is 240 g/mol. The smallest absolute Gasteiger partial charge is 0.000956 e. The van der Waals surface area contributed by atoms with E-state index in [1.54, 1.807) is 0 Å². The highest BCUT2D eigenvalue weighted by molar-refractivity contribution is 4.71. The maximum absolute atomic E-state index is 3.39. The number of nitrogens with one attached hydrogen (secondary N) is 1. The molecule has 17 heavy (non-hydrogen) atoms. The summed E-state index contributed by atoms with van der Waals surface area (Å²) in [5, 5.41) is 3.39. The third-order valence-corrected chi connectivity index (χ3v) is 4.01. The highest BCUT2D eigenvalue weighted by Gasteiger charge is 2.17. The van der Waals surface area contributed by atoms with Crippen molar-refractivity contribution in [2.75, 3.05) is 32.7 Å². The van der Waals surface area contributed by atoms with Gasteiger partial charge in [0, 0.05) is 6.54 Å². The molecule has 0 saturated carbocycles. The fourth-order valence-corrected chi connectivity index (χ4v) is 2.80. The second kappa shape index (κ2) is 9.90. The third-order valence-electron chi connectivity index (χ3n) is 4.01. The van der Waals surface area contributed by atoms with E-state index in [1.807, 2.05) is 0 Å². The zero-order valence-electron chi connectivity index (χ0n) is 12.0. The number of hydrogen-bond acceptors (Lipinski definition) is 2. The summed E-state index contributed by atoms with van der Waals surface area (Å²) in [4.78, 5) is 2.70. The van der Waals surface area contributed by atoms with Crippen molar-refractivity contribution in [3.8, 4) is 0 Å². The Morgan fingerprint density at radius 3 is 2.71 bits per heavy atom. The molecule has 1 aliphatic rings. The van der Waals surface area contributed by atoms with Crippen LogP contribution < -0.4 is 5.32 Å². The van der Waals surface area contributed by atoms with Crippen LogP contribution in [-0.2, 0) is 0 Å². The first-order valence-corrected chi connectivity index (χ1v) is 7.79. The first-order chi connectivity index (χ1) is 8.36. The van der Waals surface area contributed by atoms with E-state index in [9.17, 15) is 0 Å². The largest absolute Gasteiger partial charge is 0.317 e. The van der Waals surface area contributed by atoms with E-state index >= 15 is 0 Å². The van der Waals surface area contributed by atoms with E-state index in [0.29, 0.717) is 0 Å². The zero-order chi connectivity index (χ0) is 12.3. The zero-order valence-corrected chi connectivity index (χ0v) is 12.0.